The standard InChI is InChI=1S/C17H28Cl2N2/c1-5-11-20-16(10-12-21(4)13(3)6-2)14-8-7-9-15(18)17(14)19/h7-9,13,16,20H,5-6,10-12H2,1-4H3. The van der Waals surface area contributed by atoms with Crippen LogP contribution in [0.1, 0.15) is 51.6 Å². The van der Waals surface area contributed by atoms with Crippen molar-refractivity contribution in [2.75, 3.05) is 20.1 Å². The van der Waals surface area contributed by atoms with E-state index in [0.29, 0.717) is 16.1 Å². The second-order valence-corrected chi connectivity index (χ2v) is 6.46. The lowest BCUT2D eigenvalue weighted by Gasteiger charge is -2.27. The molecule has 1 N–H and O–H groups in total. The second-order valence-electron chi connectivity index (χ2n) is 5.68. The van der Waals surface area contributed by atoms with E-state index in [0.717, 1.165) is 31.5 Å². The third-order valence-electron chi connectivity index (χ3n) is 4.11. The smallest absolute Gasteiger partial charge is 0.0640 e. The van der Waals surface area contributed by atoms with E-state index < -0.39 is 0 Å². The number of nitrogens with zero attached hydrogens (tertiary/aromatic N) is 1. The van der Waals surface area contributed by atoms with E-state index in [1.54, 1.807) is 0 Å². The largest absolute Gasteiger partial charge is 0.310 e. The van der Waals surface area contributed by atoms with Crippen LogP contribution in [0, 0.1) is 0 Å². The molecule has 120 valence electrons. The molecule has 1 rings (SSSR count). The molecule has 0 spiro atoms. The van der Waals surface area contributed by atoms with E-state index in [1.165, 1.54) is 6.42 Å². The maximum Gasteiger partial charge on any atom is 0.0640 e. The third-order valence-corrected chi connectivity index (χ3v) is 4.94. The zero-order valence-electron chi connectivity index (χ0n) is 13.6. The average molecular weight is 331 g/mol. The number of rotatable bonds is 9. The van der Waals surface area contributed by atoms with Gasteiger partial charge in [-0.15, -0.1) is 0 Å². The monoisotopic (exact) mass is 330 g/mol. The van der Waals surface area contributed by atoms with Crippen LogP contribution in [0.5, 0.6) is 0 Å². The Balaban J connectivity index is 2.78. The highest BCUT2D eigenvalue weighted by Crippen LogP contribution is 2.31. The van der Waals surface area contributed by atoms with Gasteiger partial charge in [0.1, 0.15) is 0 Å². The van der Waals surface area contributed by atoms with Gasteiger partial charge in [0, 0.05) is 12.1 Å². The average Bonchev–Trinajstić information content (AvgIpc) is 2.49. The summed E-state index contributed by atoms with van der Waals surface area (Å²) in [6, 6.07) is 6.75. The van der Waals surface area contributed by atoms with Crippen LogP contribution < -0.4 is 5.32 Å². The summed E-state index contributed by atoms with van der Waals surface area (Å²) >= 11 is 12.5. The fourth-order valence-corrected chi connectivity index (χ4v) is 2.78. The van der Waals surface area contributed by atoms with Crippen molar-refractivity contribution in [1.29, 1.82) is 0 Å². The zero-order valence-corrected chi connectivity index (χ0v) is 15.1. The van der Waals surface area contributed by atoms with Crippen molar-refractivity contribution in [3.8, 4) is 0 Å². The highest BCUT2D eigenvalue weighted by molar-refractivity contribution is 6.42. The Hall–Kier alpha value is -0.280. The lowest BCUT2D eigenvalue weighted by atomic mass is 10.0. The molecule has 0 bridgehead atoms. The van der Waals surface area contributed by atoms with Crippen LogP contribution in [0.3, 0.4) is 0 Å². The lowest BCUT2D eigenvalue weighted by Crippen LogP contribution is -2.32. The molecule has 0 radical (unpaired) electrons. The highest BCUT2D eigenvalue weighted by atomic mass is 35.5. The summed E-state index contributed by atoms with van der Waals surface area (Å²) < 4.78 is 0. The predicted molar refractivity (Wildman–Crippen MR) is 94.5 cm³/mol. The van der Waals surface area contributed by atoms with Crippen molar-refractivity contribution in [3.63, 3.8) is 0 Å². The maximum atomic E-state index is 6.39. The molecule has 0 saturated carbocycles. The molecule has 0 aromatic heterocycles. The predicted octanol–water partition coefficient (Wildman–Crippen LogP) is 5.15. The minimum atomic E-state index is 0.252. The molecule has 21 heavy (non-hydrogen) atoms. The molecular weight excluding hydrogens is 303 g/mol. The fraction of sp³-hybridized carbons (Fsp3) is 0.647. The zero-order chi connectivity index (χ0) is 15.8. The fourth-order valence-electron chi connectivity index (χ4n) is 2.34. The molecule has 0 saturated heterocycles. The van der Waals surface area contributed by atoms with E-state index in [4.69, 9.17) is 23.2 Å². The van der Waals surface area contributed by atoms with Crippen molar-refractivity contribution < 1.29 is 0 Å². The quantitative estimate of drug-likeness (QED) is 0.673. The van der Waals surface area contributed by atoms with Crippen LogP contribution in [-0.4, -0.2) is 31.1 Å². The number of hydrogen-bond acceptors (Lipinski definition) is 2. The topological polar surface area (TPSA) is 15.3 Å². The van der Waals surface area contributed by atoms with Gasteiger partial charge < -0.3 is 10.2 Å². The summed E-state index contributed by atoms with van der Waals surface area (Å²) in [5, 5.41) is 4.91. The Labute approximate surface area is 139 Å². The highest BCUT2D eigenvalue weighted by Gasteiger charge is 2.17. The first-order valence-corrected chi connectivity index (χ1v) is 8.64. The molecule has 0 aliphatic heterocycles. The molecule has 2 nitrogen and oxygen atoms in total. The normalized spacial score (nSPS) is 14.4. The van der Waals surface area contributed by atoms with E-state index in [9.17, 15) is 0 Å². The summed E-state index contributed by atoms with van der Waals surface area (Å²) in [7, 11) is 2.19. The van der Waals surface area contributed by atoms with Gasteiger partial charge in [-0.05, 0) is 58.0 Å². The lowest BCUT2D eigenvalue weighted by molar-refractivity contribution is 0.237. The van der Waals surface area contributed by atoms with Gasteiger partial charge in [0.15, 0.2) is 0 Å². The first kappa shape index (κ1) is 18.8. The molecule has 4 heteroatoms. The summed E-state index contributed by atoms with van der Waals surface area (Å²) in [6.45, 7) is 8.69. The number of halogens is 2. The van der Waals surface area contributed by atoms with Crippen LogP contribution in [0.4, 0.5) is 0 Å². The molecule has 0 aliphatic rings. The van der Waals surface area contributed by atoms with E-state index in [-0.39, 0.29) is 6.04 Å². The molecule has 0 heterocycles. The van der Waals surface area contributed by atoms with Gasteiger partial charge in [-0.25, -0.2) is 0 Å². The van der Waals surface area contributed by atoms with Crippen LogP contribution >= 0.6 is 23.2 Å². The van der Waals surface area contributed by atoms with Gasteiger partial charge >= 0.3 is 0 Å². The summed E-state index contributed by atoms with van der Waals surface area (Å²) in [4.78, 5) is 2.40. The van der Waals surface area contributed by atoms with Gasteiger partial charge in [-0.2, -0.15) is 0 Å². The van der Waals surface area contributed by atoms with Crippen LogP contribution in [0.25, 0.3) is 0 Å². The van der Waals surface area contributed by atoms with Gasteiger partial charge in [-0.3, -0.25) is 0 Å². The minimum Gasteiger partial charge on any atom is -0.310 e. The minimum absolute atomic E-state index is 0.252. The van der Waals surface area contributed by atoms with Crippen molar-refractivity contribution in [2.45, 2.75) is 52.1 Å². The van der Waals surface area contributed by atoms with Gasteiger partial charge in [-0.1, -0.05) is 49.2 Å². The molecule has 0 aliphatic carbocycles. The van der Waals surface area contributed by atoms with Crippen LogP contribution in [0.2, 0.25) is 10.0 Å². The van der Waals surface area contributed by atoms with Crippen molar-refractivity contribution in [3.05, 3.63) is 33.8 Å². The van der Waals surface area contributed by atoms with Gasteiger partial charge in [0.25, 0.3) is 0 Å². The van der Waals surface area contributed by atoms with Crippen LogP contribution in [-0.2, 0) is 0 Å². The van der Waals surface area contributed by atoms with Crippen molar-refractivity contribution in [1.82, 2.24) is 10.2 Å². The summed E-state index contributed by atoms with van der Waals surface area (Å²) in [5.74, 6) is 0. The Morgan fingerprint density at radius 1 is 1.24 bits per heavy atom. The number of hydrogen-bond donors (Lipinski definition) is 1. The Morgan fingerprint density at radius 3 is 2.57 bits per heavy atom. The number of nitrogens with one attached hydrogen (secondary N) is 1. The summed E-state index contributed by atoms with van der Waals surface area (Å²) in [6.07, 6.45) is 3.30. The summed E-state index contributed by atoms with van der Waals surface area (Å²) in [5.41, 5.74) is 1.11. The van der Waals surface area contributed by atoms with E-state index in [2.05, 4.69) is 44.1 Å². The Bertz CT molecular complexity index is 423. The molecule has 1 aromatic carbocycles. The van der Waals surface area contributed by atoms with E-state index >= 15 is 0 Å². The molecule has 0 fully saturated rings. The molecule has 2 atom stereocenters. The SMILES string of the molecule is CCCNC(CCN(C)C(C)CC)c1cccc(Cl)c1Cl. The Kier molecular flexibility index (Phi) is 8.65. The second kappa shape index (κ2) is 9.68. The van der Waals surface area contributed by atoms with Crippen molar-refractivity contribution >= 4 is 23.2 Å². The van der Waals surface area contributed by atoms with Crippen molar-refractivity contribution in [2.24, 2.45) is 0 Å². The maximum absolute atomic E-state index is 6.39. The number of benzene rings is 1. The molecule has 2 unspecified atom stereocenters. The molecule has 1 aromatic rings. The first-order valence-electron chi connectivity index (χ1n) is 7.88. The van der Waals surface area contributed by atoms with Gasteiger partial charge in [0.05, 0.1) is 10.0 Å². The van der Waals surface area contributed by atoms with Gasteiger partial charge in [0.2, 0.25) is 0 Å². The Morgan fingerprint density at radius 2 is 1.95 bits per heavy atom. The van der Waals surface area contributed by atoms with E-state index in [1.807, 2.05) is 12.1 Å². The molecular formula is C17H28Cl2N2. The first-order chi connectivity index (χ1) is 10.0. The molecule has 0 amide bonds. The third kappa shape index (κ3) is 5.78. The van der Waals surface area contributed by atoms with Crippen LogP contribution in [0.15, 0.2) is 18.2 Å².